The Bertz CT molecular complexity index is 1510. The van der Waals surface area contributed by atoms with Gasteiger partial charge in [0.25, 0.3) is 14.4 Å². The van der Waals surface area contributed by atoms with Crippen LogP contribution in [0.2, 0.25) is 0 Å². The number of fused-ring (bicyclic) bond motifs is 1. The van der Waals surface area contributed by atoms with Crippen molar-refractivity contribution < 1.29 is 18.6 Å². The molecule has 0 aliphatic carbocycles. The Balaban J connectivity index is 1.20. The normalized spacial score (nSPS) is 27.3. The minimum absolute atomic E-state index is 0.0105. The Labute approximate surface area is 240 Å². The second-order valence-electron chi connectivity index (χ2n) is 10.4. The van der Waals surface area contributed by atoms with Gasteiger partial charge in [-0.25, -0.2) is 9.46 Å². The van der Waals surface area contributed by atoms with Crippen molar-refractivity contribution in [1.82, 2.24) is 14.2 Å². The Morgan fingerprint density at radius 3 is 2.66 bits per heavy atom. The summed E-state index contributed by atoms with van der Waals surface area (Å²) in [5.74, 6) is 5.58. The number of ether oxygens (including phenoxy) is 1. The zero-order valence-corrected chi connectivity index (χ0v) is 24.0. The number of amides is 1. The number of anilines is 1. The Morgan fingerprint density at radius 1 is 1.17 bits per heavy atom. The monoisotopic (exact) mass is 572 g/mol. The zero-order valence-electron chi connectivity index (χ0n) is 23.1. The molecule has 1 N–H and O–H groups in total. The van der Waals surface area contributed by atoms with Gasteiger partial charge in [0.05, 0.1) is 17.8 Å². The fourth-order valence-corrected chi connectivity index (χ4v) is 7.74. The van der Waals surface area contributed by atoms with Gasteiger partial charge in [-0.3, -0.25) is 9.36 Å². The number of carbonyl (C=O) groups excluding carboxylic acids is 1. The first-order valence-corrected chi connectivity index (χ1v) is 15.2. The largest absolute Gasteiger partial charge is 0.352 e. The van der Waals surface area contributed by atoms with Crippen LogP contribution in [-0.4, -0.2) is 44.9 Å². The lowest BCUT2D eigenvalue weighted by Gasteiger charge is -2.25. The summed E-state index contributed by atoms with van der Waals surface area (Å²) in [6.45, 7) is 4.69. The number of nitrogens with zero attached hydrogens (tertiary/aromatic N) is 3. The Kier molecular flexibility index (Phi) is 8.29. The highest BCUT2D eigenvalue weighted by Gasteiger charge is 2.49. The summed E-state index contributed by atoms with van der Waals surface area (Å²) in [6, 6.07) is 19.4. The first-order chi connectivity index (χ1) is 20.1. The average molecular weight is 573 g/mol. The van der Waals surface area contributed by atoms with E-state index >= 15 is 0 Å². The Morgan fingerprint density at radius 2 is 1.93 bits per heavy atom. The number of rotatable bonds is 7. The molecule has 1 aromatic heterocycles. The van der Waals surface area contributed by atoms with Crippen LogP contribution in [0.5, 0.6) is 0 Å². The molecule has 41 heavy (non-hydrogen) atoms. The van der Waals surface area contributed by atoms with Gasteiger partial charge in [-0.15, -0.1) is 5.92 Å². The molecule has 4 heterocycles. The molecule has 3 aliphatic heterocycles. The van der Waals surface area contributed by atoms with Crippen molar-refractivity contribution in [2.24, 2.45) is 0 Å². The van der Waals surface area contributed by atoms with Crippen LogP contribution in [0.4, 0.5) is 5.82 Å². The second kappa shape index (κ2) is 12.2. The van der Waals surface area contributed by atoms with Crippen molar-refractivity contribution in [3.63, 3.8) is 0 Å². The van der Waals surface area contributed by atoms with Crippen molar-refractivity contribution in [2.75, 3.05) is 11.9 Å². The summed E-state index contributed by atoms with van der Waals surface area (Å²) in [7, 11) is -1.26. The summed E-state index contributed by atoms with van der Waals surface area (Å²) in [5, 5.41) is 2.74. The van der Waals surface area contributed by atoms with Crippen molar-refractivity contribution in [1.29, 1.82) is 0 Å². The molecule has 3 fully saturated rings. The molecule has 9 nitrogen and oxygen atoms in total. The number of aromatic nitrogens is 2. The van der Waals surface area contributed by atoms with E-state index < -0.39 is 20.4 Å². The van der Waals surface area contributed by atoms with Gasteiger partial charge in [0.2, 0.25) is 0 Å². The number of nitrogens with one attached hydrogen (secondary N) is 1. The highest BCUT2D eigenvalue weighted by Crippen LogP contribution is 2.61. The topological polar surface area (TPSA) is 94.9 Å². The molecule has 3 aromatic rings. The quantitative estimate of drug-likeness (QED) is 0.299. The number of hydrogen-bond acceptors (Lipinski definition) is 7. The minimum Gasteiger partial charge on any atom is -0.352 e. The third kappa shape index (κ3) is 5.72. The van der Waals surface area contributed by atoms with Crippen LogP contribution in [0, 0.1) is 11.8 Å². The van der Waals surface area contributed by atoms with Crippen molar-refractivity contribution in [2.45, 2.75) is 70.1 Å². The number of hydrogen-bond donors (Lipinski definition) is 1. The summed E-state index contributed by atoms with van der Waals surface area (Å²) < 4.78 is 23.4. The molecular weight excluding hydrogens is 539 g/mol. The van der Waals surface area contributed by atoms with Gasteiger partial charge in [-0.1, -0.05) is 61.4 Å². The molecule has 0 spiro atoms. The summed E-state index contributed by atoms with van der Waals surface area (Å²) in [6.07, 6.45) is 4.00. The molecular formula is C31H33N4O5P. The van der Waals surface area contributed by atoms with Crippen molar-refractivity contribution in [3.05, 3.63) is 94.0 Å². The molecule has 0 radical (unpaired) electrons. The predicted molar refractivity (Wildman–Crippen MR) is 156 cm³/mol. The van der Waals surface area contributed by atoms with E-state index in [4.69, 9.17) is 13.8 Å². The fraction of sp³-hybridized carbons (Fsp3) is 0.387. The first kappa shape index (κ1) is 27.8. The van der Waals surface area contributed by atoms with E-state index in [1.54, 1.807) is 37.4 Å². The third-order valence-electron chi connectivity index (χ3n) is 7.76. The van der Waals surface area contributed by atoms with Gasteiger partial charge >= 0.3 is 5.69 Å². The molecule has 1 unspecified atom stereocenters. The van der Waals surface area contributed by atoms with Crippen molar-refractivity contribution in [3.8, 4) is 11.8 Å². The molecule has 10 heteroatoms. The predicted octanol–water partition coefficient (Wildman–Crippen LogP) is 5.41. The molecule has 6 rings (SSSR count). The molecule has 0 saturated carbocycles. The van der Waals surface area contributed by atoms with Crippen molar-refractivity contribution >= 4 is 20.3 Å². The van der Waals surface area contributed by atoms with Gasteiger partial charge < -0.3 is 19.1 Å². The molecule has 3 aliphatic rings. The molecule has 2 aromatic carbocycles. The third-order valence-corrected chi connectivity index (χ3v) is 9.53. The fourth-order valence-electron chi connectivity index (χ4n) is 5.75. The van der Waals surface area contributed by atoms with Crippen LogP contribution in [0.1, 0.15) is 73.3 Å². The molecule has 0 bridgehead atoms. The van der Waals surface area contributed by atoms with Gasteiger partial charge in [-0.05, 0) is 43.9 Å². The second-order valence-corrected chi connectivity index (χ2v) is 11.8. The van der Waals surface area contributed by atoms with E-state index in [0.717, 1.165) is 25.8 Å². The smallest absolute Gasteiger partial charge is 0.351 e. The average Bonchev–Trinajstić information content (AvgIpc) is 3.72. The maximum absolute atomic E-state index is 13.2. The van der Waals surface area contributed by atoms with Gasteiger partial charge in [0, 0.05) is 30.8 Å². The van der Waals surface area contributed by atoms with Crippen LogP contribution in [0.3, 0.4) is 0 Å². The first-order valence-electron chi connectivity index (χ1n) is 14.1. The van der Waals surface area contributed by atoms with E-state index in [-0.39, 0.29) is 30.0 Å². The van der Waals surface area contributed by atoms with E-state index in [1.807, 2.05) is 24.3 Å². The molecule has 1 amide bonds. The lowest BCUT2D eigenvalue weighted by molar-refractivity contribution is -0.0188. The maximum Gasteiger partial charge on any atom is 0.351 e. The summed E-state index contributed by atoms with van der Waals surface area (Å²) in [4.78, 5) is 30.1. The standard InChI is InChI=1S/C31H33N4O5P/c1-3-12-23-20-34(31(37)33-29(23)32-30(36)22-15-9-6-10-16-22)27-19-26(25(4-2)38-27)39-41-35-18-11-17-24(35)28(40-41)21-13-7-5-8-14-21/h5-10,13-16,20,24-28H,4,11,17-19H2,1-2H3,(H,32,33,36,37)/t24-,25-,26?,27-,28+,41-/m1/s1. The van der Waals surface area contributed by atoms with Crippen LogP contribution in [-0.2, 0) is 13.8 Å². The lowest BCUT2D eigenvalue weighted by Crippen LogP contribution is -2.29. The highest BCUT2D eigenvalue weighted by molar-refractivity contribution is 7.44. The van der Waals surface area contributed by atoms with Crippen LogP contribution in [0.15, 0.2) is 71.7 Å². The summed E-state index contributed by atoms with van der Waals surface area (Å²) >= 11 is 0. The zero-order chi connectivity index (χ0) is 28.3. The van der Waals surface area contributed by atoms with E-state index in [9.17, 15) is 9.59 Å². The van der Waals surface area contributed by atoms with E-state index in [2.05, 4.69) is 45.9 Å². The van der Waals surface area contributed by atoms with Crippen LogP contribution in [0.25, 0.3) is 0 Å². The minimum atomic E-state index is -1.26. The van der Waals surface area contributed by atoms with Gasteiger partial charge in [-0.2, -0.15) is 4.98 Å². The maximum atomic E-state index is 13.2. The number of carbonyl (C=O) groups is 1. The highest BCUT2D eigenvalue weighted by atomic mass is 31.2. The summed E-state index contributed by atoms with van der Waals surface area (Å²) in [5.41, 5.74) is 1.55. The molecule has 3 saturated heterocycles. The van der Waals surface area contributed by atoms with Crippen LogP contribution < -0.4 is 11.0 Å². The van der Waals surface area contributed by atoms with Gasteiger partial charge in [0.15, 0.2) is 5.82 Å². The SMILES string of the molecule is CC#Cc1cn([C@H]2CC(O[P@]3O[C@@H](c4ccccc4)[C@H]4CCCN43)[C@@H](CC)O2)c(=O)nc1NC(=O)c1ccccc1. The molecule has 6 atom stereocenters. The van der Waals surface area contributed by atoms with E-state index in [1.165, 1.54) is 10.1 Å². The lowest BCUT2D eigenvalue weighted by atomic mass is 10.0. The Hall–Kier alpha value is -3.38. The van der Waals surface area contributed by atoms with Gasteiger partial charge in [0.1, 0.15) is 12.3 Å². The van der Waals surface area contributed by atoms with Crippen LogP contribution >= 0.6 is 8.53 Å². The number of benzene rings is 2. The van der Waals surface area contributed by atoms with E-state index in [0.29, 0.717) is 23.6 Å². The molecule has 212 valence electrons.